The summed E-state index contributed by atoms with van der Waals surface area (Å²) >= 11 is 0. The number of likely N-dealkylation sites (tertiary alicyclic amines) is 1. The molecule has 0 radical (unpaired) electrons. The highest BCUT2D eigenvalue weighted by Crippen LogP contribution is 2.37. The number of hydrogen-bond acceptors (Lipinski definition) is 3. The molecule has 4 fully saturated rings. The van der Waals surface area contributed by atoms with E-state index in [0.717, 1.165) is 37.6 Å². The Morgan fingerprint density at radius 3 is 2.40 bits per heavy atom. The molecule has 166 valence electrons. The van der Waals surface area contributed by atoms with Gasteiger partial charge in [0.1, 0.15) is 0 Å². The number of nitrogens with one attached hydrogen (secondary N) is 1. The average Bonchev–Trinajstić information content (AvgIpc) is 2.74. The Labute approximate surface area is 176 Å². The van der Waals surface area contributed by atoms with Crippen molar-refractivity contribution in [1.29, 1.82) is 0 Å². The van der Waals surface area contributed by atoms with Crippen LogP contribution in [0.1, 0.15) is 48.5 Å². The fourth-order valence-corrected chi connectivity index (χ4v) is 5.37. The van der Waals surface area contributed by atoms with Crippen LogP contribution < -0.4 is 5.32 Å². The molecule has 4 aliphatic heterocycles. The Kier molecular flexibility index (Phi) is 6.39. The van der Waals surface area contributed by atoms with E-state index < -0.39 is 11.7 Å². The molecule has 4 atom stereocenters. The number of benzene rings is 1. The Morgan fingerprint density at radius 1 is 1.10 bits per heavy atom. The maximum Gasteiger partial charge on any atom is 0.416 e. The van der Waals surface area contributed by atoms with Crippen LogP contribution in [-0.4, -0.2) is 61.0 Å². The lowest BCUT2D eigenvalue weighted by molar-refractivity contribution is -0.137. The molecule has 5 rings (SSSR count). The van der Waals surface area contributed by atoms with E-state index in [0.29, 0.717) is 24.4 Å². The molecule has 4 saturated heterocycles. The van der Waals surface area contributed by atoms with Crippen molar-refractivity contribution in [3.63, 3.8) is 0 Å². The standard InChI is InChI=1S/C23H32F3N3O/c1-16-6-9-28(10-7-16)14-19-15-29-11-8-18(19)12-21(29)13-27-22(30)17-2-4-20(5-3-17)23(24,25)26/h2-5,16,18-19,21H,6-15H2,1H3,(H,27,30). The second-order valence-corrected chi connectivity index (χ2v) is 9.46. The normalized spacial score (nSPS) is 30.4. The third kappa shape index (κ3) is 4.99. The fraction of sp³-hybridized carbons (Fsp3) is 0.696. The van der Waals surface area contributed by atoms with Gasteiger partial charge in [-0.25, -0.2) is 0 Å². The zero-order chi connectivity index (χ0) is 21.3. The van der Waals surface area contributed by atoms with Gasteiger partial charge in [0.05, 0.1) is 5.56 Å². The Morgan fingerprint density at radius 2 is 1.80 bits per heavy atom. The summed E-state index contributed by atoms with van der Waals surface area (Å²) in [5.74, 6) is 1.98. The molecular weight excluding hydrogens is 391 g/mol. The van der Waals surface area contributed by atoms with Gasteiger partial charge in [-0.05, 0) is 87.3 Å². The molecule has 30 heavy (non-hydrogen) atoms. The quantitative estimate of drug-likeness (QED) is 0.781. The van der Waals surface area contributed by atoms with Crippen LogP contribution in [0.15, 0.2) is 24.3 Å². The SMILES string of the molecule is CC1CCN(CC2CN3CCC2CC3CNC(=O)c2ccc(C(F)(F)F)cc2)CC1. The molecule has 1 amide bonds. The molecule has 4 heterocycles. The van der Waals surface area contributed by atoms with E-state index in [1.54, 1.807) is 0 Å². The predicted molar refractivity (Wildman–Crippen MR) is 110 cm³/mol. The molecule has 0 aliphatic carbocycles. The lowest BCUT2D eigenvalue weighted by atomic mass is 9.75. The van der Waals surface area contributed by atoms with Gasteiger partial charge < -0.3 is 10.2 Å². The minimum Gasteiger partial charge on any atom is -0.350 e. The smallest absolute Gasteiger partial charge is 0.350 e. The molecule has 1 aromatic carbocycles. The third-order valence-electron chi connectivity index (χ3n) is 7.36. The summed E-state index contributed by atoms with van der Waals surface area (Å²) in [5.41, 5.74) is -0.458. The number of carbonyl (C=O) groups is 1. The number of alkyl halides is 3. The van der Waals surface area contributed by atoms with Crippen LogP contribution >= 0.6 is 0 Å². The number of carbonyl (C=O) groups excluding carboxylic acids is 1. The van der Waals surface area contributed by atoms with Gasteiger partial charge in [-0.2, -0.15) is 13.2 Å². The minimum absolute atomic E-state index is 0.274. The first-order chi connectivity index (χ1) is 14.3. The van der Waals surface area contributed by atoms with Crippen molar-refractivity contribution in [3.8, 4) is 0 Å². The van der Waals surface area contributed by atoms with Gasteiger partial charge in [-0.1, -0.05) is 6.92 Å². The third-order valence-corrected chi connectivity index (χ3v) is 7.36. The molecule has 0 aromatic heterocycles. The van der Waals surface area contributed by atoms with Crippen LogP contribution in [-0.2, 0) is 6.18 Å². The summed E-state index contributed by atoms with van der Waals surface area (Å²) in [7, 11) is 0. The molecule has 2 bridgehead atoms. The fourth-order valence-electron chi connectivity index (χ4n) is 5.37. The van der Waals surface area contributed by atoms with Crippen LogP contribution in [0.25, 0.3) is 0 Å². The highest BCUT2D eigenvalue weighted by Gasteiger charge is 2.40. The maximum atomic E-state index is 12.7. The molecule has 0 spiro atoms. The molecule has 4 unspecified atom stereocenters. The first kappa shape index (κ1) is 21.6. The van der Waals surface area contributed by atoms with Crippen LogP contribution in [0, 0.1) is 17.8 Å². The molecule has 0 saturated carbocycles. The molecule has 4 nitrogen and oxygen atoms in total. The number of rotatable bonds is 5. The van der Waals surface area contributed by atoms with E-state index in [-0.39, 0.29) is 11.5 Å². The van der Waals surface area contributed by atoms with Crippen molar-refractivity contribution in [3.05, 3.63) is 35.4 Å². The first-order valence-corrected chi connectivity index (χ1v) is 11.2. The summed E-state index contributed by atoms with van der Waals surface area (Å²) < 4.78 is 38.1. The zero-order valence-corrected chi connectivity index (χ0v) is 17.6. The number of piperidine rings is 4. The first-order valence-electron chi connectivity index (χ1n) is 11.2. The number of hydrogen-bond donors (Lipinski definition) is 1. The van der Waals surface area contributed by atoms with Crippen molar-refractivity contribution in [1.82, 2.24) is 15.1 Å². The van der Waals surface area contributed by atoms with E-state index in [9.17, 15) is 18.0 Å². The van der Waals surface area contributed by atoms with Crippen LogP contribution in [0.4, 0.5) is 13.2 Å². The summed E-state index contributed by atoms with van der Waals surface area (Å²) in [4.78, 5) is 17.5. The topological polar surface area (TPSA) is 35.6 Å². The summed E-state index contributed by atoms with van der Waals surface area (Å²) in [6.07, 6.45) is 0.562. The lowest BCUT2D eigenvalue weighted by Gasteiger charge is -2.51. The highest BCUT2D eigenvalue weighted by atomic mass is 19.4. The van der Waals surface area contributed by atoms with Crippen molar-refractivity contribution in [2.45, 2.75) is 44.8 Å². The number of fused-ring (bicyclic) bond motifs is 3. The second kappa shape index (κ2) is 8.87. The van der Waals surface area contributed by atoms with Crippen LogP contribution in [0.2, 0.25) is 0 Å². The monoisotopic (exact) mass is 423 g/mol. The van der Waals surface area contributed by atoms with E-state index in [2.05, 4.69) is 22.0 Å². The highest BCUT2D eigenvalue weighted by molar-refractivity contribution is 5.94. The molecular formula is C23H32F3N3O. The van der Waals surface area contributed by atoms with Crippen molar-refractivity contribution >= 4 is 5.91 Å². The average molecular weight is 424 g/mol. The Bertz CT molecular complexity index is 728. The van der Waals surface area contributed by atoms with E-state index in [4.69, 9.17) is 0 Å². The van der Waals surface area contributed by atoms with E-state index in [1.807, 2.05) is 0 Å². The molecule has 1 aromatic rings. The van der Waals surface area contributed by atoms with Crippen molar-refractivity contribution < 1.29 is 18.0 Å². The largest absolute Gasteiger partial charge is 0.416 e. The van der Waals surface area contributed by atoms with Gasteiger partial charge in [0, 0.05) is 31.2 Å². The molecule has 1 N–H and O–H groups in total. The summed E-state index contributed by atoms with van der Waals surface area (Å²) in [6.45, 7) is 8.71. The van der Waals surface area contributed by atoms with Gasteiger partial charge in [-0.15, -0.1) is 0 Å². The number of nitrogens with zero attached hydrogens (tertiary/aromatic N) is 2. The van der Waals surface area contributed by atoms with E-state index in [1.165, 1.54) is 51.0 Å². The summed E-state index contributed by atoms with van der Waals surface area (Å²) in [5, 5.41) is 2.94. The Balaban J connectivity index is 1.26. The van der Waals surface area contributed by atoms with Crippen molar-refractivity contribution in [2.24, 2.45) is 17.8 Å². The second-order valence-electron chi connectivity index (χ2n) is 9.46. The molecule has 7 heteroatoms. The van der Waals surface area contributed by atoms with Crippen molar-refractivity contribution in [2.75, 3.05) is 39.3 Å². The summed E-state index contributed by atoms with van der Waals surface area (Å²) in [6, 6.07) is 4.77. The Hall–Kier alpha value is -1.60. The zero-order valence-electron chi connectivity index (χ0n) is 17.6. The minimum atomic E-state index is -4.38. The number of amides is 1. The maximum absolute atomic E-state index is 12.7. The van der Waals surface area contributed by atoms with E-state index >= 15 is 0 Å². The van der Waals surface area contributed by atoms with Crippen LogP contribution in [0.5, 0.6) is 0 Å². The molecule has 4 aliphatic rings. The van der Waals surface area contributed by atoms with Gasteiger partial charge in [0.2, 0.25) is 0 Å². The van der Waals surface area contributed by atoms with Gasteiger partial charge in [-0.3, -0.25) is 9.69 Å². The van der Waals surface area contributed by atoms with Gasteiger partial charge in [0.25, 0.3) is 5.91 Å². The van der Waals surface area contributed by atoms with Gasteiger partial charge in [0.15, 0.2) is 0 Å². The lowest BCUT2D eigenvalue weighted by Crippen LogP contribution is -2.58. The van der Waals surface area contributed by atoms with Gasteiger partial charge >= 0.3 is 6.18 Å². The predicted octanol–water partition coefficient (Wildman–Crippen LogP) is 3.88. The number of halogens is 3. The van der Waals surface area contributed by atoms with Crippen LogP contribution in [0.3, 0.4) is 0 Å².